The van der Waals surface area contributed by atoms with E-state index in [0.29, 0.717) is 0 Å². The SMILES string of the molecule is C#C/C=C(\C=C/Cc1c2ccccc2c(N(C(=C)/C=C(C)\C(=C/C)N2C/C=C\C/C=C\C(=C)c3ccccc32)c2ccccc2)c2ccccc12)C(C)(C)C. The van der Waals surface area contributed by atoms with Gasteiger partial charge in [-0.25, -0.2) is 0 Å². The van der Waals surface area contributed by atoms with Crippen molar-refractivity contribution in [3.8, 4) is 12.3 Å². The van der Waals surface area contributed by atoms with E-state index >= 15 is 0 Å². The largest absolute Gasteiger partial charge is 0.337 e. The number of para-hydroxylation sites is 2. The normalized spacial score (nSPS) is 15.5. The molecule has 6 rings (SSSR count). The van der Waals surface area contributed by atoms with Gasteiger partial charge in [0.15, 0.2) is 0 Å². The summed E-state index contributed by atoms with van der Waals surface area (Å²) in [6, 6.07) is 36.7. The Morgan fingerprint density at radius 3 is 2.09 bits per heavy atom. The maximum Gasteiger partial charge on any atom is 0.0618 e. The number of allylic oxidation sites excluding steroid dienone is 11. The summed E-state index contributed by atoms with van der Waals surface area (Å²) in [5, 5.41) is 4.77. The van der Waals surface area contributed by atoms with E-state index in [-0.39, 0.29) is 5.41 Å². The number of terminal acetylenes is 1. The van der Waals surface area contributed by atoms with Crippen LogP contribution in [0.25, 0.3) is 27.1 Å². The Labute approximate surface area is 329 Å². The zero-order valence-corrected chi connectivity index (χ0v) is 33.0. The summed E-state index contributed by atoms with van der Waals surface area (Å²) in [5.74, 6) is 2.74. The Morgan fingerprint density at radius 1 is 0.836 bits per heavy atom. The molecule has 0 spiro atoms. The van der Waals surface area contributed by atoms with Gasteiger partial charge in [0.1, 0.15) is 0 Å². The Morgan fingerprint density at radius 2 is 1.45 bits per heavy atom. The number of hydrogen-bond acceptors (Lipinski definition) is 2. The van der Waals surface area contributed by atoms with Gasteiger partial charge in [0.05, 0.1) is 5.69 Å². The maximum atomic E-state index is 5.72. The zero-order chi connectivity index (χ0) is 39.0. The third-order valence-corrected chi connectivity index (χ3v) is 10.2. The fourth-order valence-electron chi connectivity index (χ4n) is 7.53. The standard InChI is InChI=1S/C53H52N2/c1-9-25-42(53(6,7)8)27-24-35-45-46-31-17-19-33-48(46)52(49-34-20-18-32-47(45)49)55(43-28-15-13-16-29-43)41(5)38-40(4)50(10-2)54-37-23-12-11-14-26-39(3)44-30-21-22-36-51(44)54/h1,10,12-34,36,38H,3,5,11,35,37H2,2,4,6-8H3/b23-12-,26-14-,27-24-,40-38-,42-25+,50-10+. The average Bonchev–Trinajstić information content (AvgIpc) is 3.19. The van der Waals surface area contributed by atoms with Crippen LogP contribution in [0.2, 0.25) is 0 Å². The first-order valence-electron chi connectivity index (χ1n) is 19.2. The highest BCUT2D eigenvalue weighted by atomic mass is 15.2. The van der Waals surface area contributed by atoms with Gasteiger partial charge in [-0.1, -0.05) is 167 Å². The summed E-state index contributed by atoms with van der Waals surface area (Å²) in [5.41, 5.74) is 10.9. The van der Waals surface area contributed by atoms with Crippen molar-refractivity contribution in [2.45, 2.75) is 47.5 Å². The fraction of sp³-hybridized carbons (Fsp3) is 0.170. The fourth-order valence-corrected chi connectivity index (χ4v) is 7.53. The topological polar surface area (TPSA) is 6.48 Å². The minimum atomic E-state index is -0.0525. The van der Waals surface area contributed by atoms with Crippen LogP contribution in [0.4, 0.5) is 17.1 Å². The van der Waals surface area contributed by atoms with Gasteiger partial charge >= 0.3 is 0 Å². The van der Waals surface area contributed by atoms with E-state index < -0.39 is 0 Å². The van der Waals surface area contributed by atoms with Crippen molar-refractivity contribution in [2.24, 2.45) is 5.41 Å². The van der Waals surface area contributed by atoms with Crippen LogP contribution in [-0.4, -0.2) is 6.54 Å². The molecule has 0 radical (unpaired) electrons. The van der Waals surface area contributed by atoms with Crippen LogP contribution >= 0.6 is 0 Å². The summed E-state index contributed by atoms with van der Waals surface area (Å²) in [4.78, 5) is 4.72. The smallest absolute Gasteiger partial charge is 0.0618 e. The number of rotatable bonds is 9. The molecule has 55 heavy (non-hydrogen) atoms. The molecule has 0 saturated heterocycles. The Kier molecular flexibility index (Phi) is 12.0. The summed E-state index contributed by atoms with van der Waals surface area (Å²) in [7, 11) is 0. The molecular formula is C53H52N2. The molecule has 0 amide bonds. The van der Waals surface area contributed by atoms with E-state index in [1.165, 1.54) is 27.1 Å². The molecule has 274 valence electrons. The molecule has 0 aliphatic carbocycles. The molecule has 2 nitrogen and oxygen atoms in total. The summed E-state index contributed by atoms with van der Waals surface area (Å²) < 4.78 is 0. The molecule has 5 aromatic carbocycles. The summed E-state index contributed by atoms with van der Waals surface area (Å²) in [6.45, 7) is 20.9. The lowest BCUT2D eigenvalue weighted by Gasteiger charge is -2.32. The van der Waals surface area contributed by atoms with Gasteiger partial charge < -0.3 is 9.80 Å². The lowest BCUT2D eigenvalue weighted by molar-refractivity contribution is 0.517. The number of anilines is 3. The Bertz CT molecular complexity index is 2390. The zero-order valence-electron chi connectivity index (χ0n) is 33.0. The summed E-state index contributed by atoms with van der Waals surface area (Å²) in [6.07, 6.45) is 26.9. The van der Waals surface area contributed by atoms with Crippen LogP contribution in [0.15, 0.2) is 194 Å². The molecule has 1 heterocycles. The van der Waals surface area contributed by atoms with Gasteiger partial charge in [0, 0.05) is 45.6 Å². The minimum absolute atomic E-state index is 0.0525. The van der Waals surface area contributed by atoms with Crippen LogP contribution in [0, 0.1) is 17.8 Å². The number of benzene rings is 5. The Hall–Kier alpha value is -6.30. The van der Waals surface area contributed by atoms with Crippen LogP contribution < -0.4 is 9.80 Å². The van der Waals surface area contributed by atoms with Gasteiger partial charge in [-0.15, -0.1) is 6.42 Å². The molecule has 5 aromatic rings. The average molecular weight is 717 g/mol. The van der Waals surface area contributed by atoms with Crippen molar-refractivity contribution < 1.29 is 0 Å². The van der Waals surface area contributed by atoms with Crippen LogP contribution in [0.3, 0.4) is 0 Å². The maximum absolute atomic E-state index is 5.72. The first-order valence-corrected chi connectivity index (χ1v) is 19.2. The van der Waals surface area contributed by atoms with Gasteiger partial charge in [-0.05, 0) is 95.5 Å². The minimum Gasteiger partial charge on any atom is -0.337 e. The van der Waals surface area contributed by atoms with E-state index in [0.717, 1.165) is 70.1 Å². The second kappa shape index (κ2) is 17.2. The number of fused-ring (bicyclic) bond motifs is 3. The predicted molar refractivity (Wildman–Crippen MR) is 242 cm³/mol. The molecule has 1 aliphatic heterocycles. The molecule has 0 unspecified atom stereocenters. The van der Waals surface area contributed by atoms with Crippen molar-refractivity contribution in [1.29, 1.82) is 0 Å². The molecule has 0 N–H and O–H groups in total. The summed E-state index contributed by atoms with van der Waals surface area (Å²) >= 11 is 0. The van der Waals surface area contributed by atoms with Crippen molar-refractivity contribution in [3.63, 3.8) is 0 Å². The van der Waals surface area contributed by atoms with Gasteiger partial charge in [-0.2, -0.15) is 0 Å². The molecule has 2 heteroatoms. The van der Waals surface area contributed by atoms with Crippen molar-refractivity contribution >= 4 is 44.2 Å². The first-order chi connectivity index (χ1) is 26.6. The molecule has 0 saturated carbocycles. The third kappa shape index (κ3) is 8.43. The van der Waals surface area contributed by atoms with Crippen LogP contribution in [0.1, 0.15) is 52.2 Å². The number of nitrogens with zero attached hydrogens (tertiary/aromatic N) is 2. The monoisotopic (exact) mass is 716 g/mol. The second-order valence-corrected chi connectivity index (χ2v) is 15.0. The molecular weight excluding hydrogens is 665 g/mol. The predicted octanol–water partition coefficient (Wildman–Crippen LogP) is 14.2. The molecule has 0 aromatic heterocycles. The van der Waals surface area contributed by atoms with Crippen LogP contribution in [0.5, 0.6) is 0 Å². The van der Waals surface area contributed by atoms with E-state index in [2.05, 4.69) is 209 Å². The van der Waals surface area contributed by atoms with Gasteiger partial charge in [-0.3, -0.25) is 0 Å². The second-order valence-electron chi connectivity index (χ2n) is 15.0. The highest BCUT2D eigenvalue weighted by Crippen LogP contribution is 2.44. The lowest BCUT2D eigenvalue weighted by Crippen LogP contribution is -2.25. The van der Waals surface area contributed by atoms with E-state index in [4.69, 9.17) is 13.0 Å². The van der Waals surface area contributed by atoms with E-state index in [1.807, 2.05) is 6.08 Å². The van der Waals surface area contributed by atoms with Crippen molar-refractivity contribution in [3.05, 3.63) is 205 Å². The quantitative estimate of drug-likeness (QED) is 0.0648. The third-order valence-electron chi connectivity index (χ3n) is 10.2. The molecule has 0 atom stereocenters. The lowest BCUT2D eigenvalue weighted by atomic mass is 9.85. The molecule has 1 aliphatic rings. The molecule has 0 bridgehead atoms. The van der Waals surface area contributed by atoms with Gasteiger partial charge in [0.25, 0.3) is 0 Å². The highest BCUT2D eigenvalue weighted by molar-refractivity contribution is 6.15. The first kappa shape index (κ1) is 38.4. The van der Waals surface area contributed by atoms with E-state index in [1.54, 1.807) is 0 Å². The van der Waals surface area contributed by atoms with Crippen LogP contribution in [-0.2, 0) is 6.42 Å². The highest BCUT2D eigenvalue weighted by Gasteiger charge is 2.23. The number of hydrogen-bond donors (Lipinski definition) is 0. The molecule has 0 fully saturated rings. The van der Waals surface area contributed by atoms with Crippen molar-refractivity contribution in [2.75, 3.05) is 16.3 Å². The van der Waals surface area contributed by atoms with Crippen molar-refractivity contribution in [1.82, 2.24) is 0 Å². The Balaban J connectivity index is 1.50. The van der Waals surface area contributed by atoms with E-state index in [9.17, 15) is 0 Å². The van der Waals surface area contributed by atoms with Gasteiger partial charge in [0.2, 0.25) is 0 Å².